The standard InChI is InChI=1S/C15H17ClFN5O/c1-21-4-5-22(14-11(17)6-10(16)7-18-14)8-12(21)15-19-13(20-23-15)9-2-3-9/h6-7,9,12H,2-5,8H2,1H3/t12-/m0/s1. The van der Waals surface area contributed by atoms with E-state index < -0.39 is 5.82 Å². The Balaban J connectivity index is 1.57. The Labute approximate surface area is 138 Å². The minimum Gasteiger partial charge on any atom is -0.351 e. The van der Waals surface area contributed by atoms with E-state index >= 15 is 0 Å². The molecule has 1 saturated heterocycles. The second-order valence-corrected chi connectivity index (χ2v) is 6.60. The SMILES string of the molecule is CN1CCN(c2ncc(Cl)cc2F)C[C@H]1c1nc(C2CC2)no1. The number of aromatic nitrogens is 3. The molecule has 6 nitrogen and oxygen atoms in total. The van der Waals surface area contributed by atoms with Gasteiger partial charge in [0.25, 0.3) is 0 Å². The van der Waals surface area contributed by atoms with E-state index in [1.165, 1.54) is 12.3 Å². The Morgan fingerprint density at radius 3 is 2.91 bits per heavy atom. The first-order valence-electron chi connectivity index (χ1n) is 7.71. The van der Waals surface area contributed by atoms with E-state index in [0.29, 0.717) is 35.7 Å². The number of piperazine rings is 1. The first-order valence-corrected chi connectivity index (χ1v) is 8.09. The fourth-order valence-corrected chi connectivity index (χ4v) is 3.01. The van der Waals surface area contributed by atoms with Crippen molar-refractivity contribution in [2.24, 2.45) is 0 Å². The van der Waals surface area contributed by atoms with Crippen LogP contribution in [0, 0.1) is 5.82 Å². The van der Waals surface area contributed by atoms with Crippen LogP contribution in [0.1, 0.15) is 36.5 Å². The molecule has 1 saturated carbocycles. The van der Waals surface area contributed by atoms with Crippen molar-refractivity contribution >= 4 is 17.4 Å². The second kappa shape index (κ2) is 5.72. The molecule has 3 heterocycles. The Bertz CT molecular complexity index is 720. The van der Waals surface area contributed by atoms with E-state index in [4.69, 9.17) is 16.1 Å². The highest BCUT2D eigenvalue weighted by atomic mass is 35.5. The summed E-state index contributed by atoms with van der Waals surface area (Å²) in [5.41, 5.74) is 0. The van der Waals surface area contributed by atoms with Crippen LogP contribution in [-0.2, 0) is 0 Å². The molecule has 0 unspecified atom stereocenters. The molecule has 0 N–H and O–H groups in total. The summed E-state index contributed by atoms with van der Waals surface area (Å²) in [6.45, 7) is 1.99. The second-order valence-electron chi connectivity index (χ2n) is 6.17. The van der Waals surface area contributed by atoms with Crippen LogP contribution in [0.25, 0.3) is 0 Å². The number of pyridine rings is 1. The van der Waals surface area contributed by atoms with Crippen LogP contribution in [0.2, 0.25) is 5.02 Å². The van der Waals surface area contributed by atoms with Gasteiger partial charge in [-0.1, -0.05) is 16.8 Å². The van der Waals surface area contributed by atoms with Gasteiger partial charge in [0.05, 0.1) is 5.02 Å². The smallest absolute Gasteiger partial charge is 0.245 e. The highest BCUT2D eigenvalue weighted by Gasteiger charge is 2.34. The third-order valence-electron chi connectivity index (χ3n) is 4.42. The number of anilines is 1. The van der Waals surface area contributed by atoms with Crippen molar-refractivity contribution < 1.29 is 8.91 Å². The molecular weight excluding hydrogens is 321 g/mol. The first-order chi connectivity index (χ1) is 11.1. The zero-order valence-electron chi connectivity index (χ0n) is 12.7. The number of nitrogens with zero attached hydrogens (tertiary/aromatic N) is 5. The van der Waals surface area contributed by atoms with Crippen molar-refractivity contribution in [1.29, 1.82) is 0 Å². The Kier molecular flexibility index (Phi) is 3.69. The van der Waals surface area contributed by atoms with Crippen LogP contribution in [0.15, 0.2) is 16.8 Å². The van der Waals surface area contributed by atoms with E-state index in [1.807, 2.05) is 11.9 Å². The summed E-state index contributed by atoms with van der Waals surface area (Å²) in [5, 5.41) is 4.37. The Hall–Kier alpha value is -1.73. The third kappa shape index (κ3) is 2.90. The van der Waals surface area contributed by atoms with Gasteiger partial charge in [-0.25, -0.2) is 9.37 Å². The number of hydrogen-bond acceptors (Lipinski definition) is 6. The summed E-state index contributed by atoms with van der Waals surface area (Å²) in [6.07, 6.45) is 3.72. The summed E-state index contributed by atoms with van der Waals surface area (Å²) in [7, 11) is 2.01. The van der Waals surface area contributed by atoms with Crippen LogP contribution in [0.3, 0.4) is 0 Å². The van der Waals surface area contributed by atoms with Gasteiger partial charge in [0.15, 0.2) is 17.5 Å². The predicted octanol–water partition coefficient (Wildman–Crippen LogP) is 2.63. The van der Waals surface area contributed by atoms with Gasteiger partial charge in [0.1, 0.15) is 6.04 Å². The topological polar surface area (TPSA) is 58.3 Å². The van der Waals surface area contributed by atoms with E-state index in [0.717, 1.165) is 25.2 Å². The summed E-state index contributed by atoms with van der Waals surface area (Å²) in [4.78, 5) is 12.7. The van der Waals surface area contributed by atoms with Gasteiger partial charge in [-0.05, 0) is 26.0 Å². The lowest BCUT2D eigenvalue weighted by Gasteiger charge is -2.38. The van der Waals surface area contributed by atoms with Gasteiger partial charge < -0.3 is 9.42 Å². The first kappa shape index (κ1) is 14.8. The molecule has 1 atom stereocenters. The fourth-order valence-electron chi connectivity index (χ4n) is 2.86. The lowest BCUT2D eigenvalue weighted by molar-refractivity contribution is 0.177. The van der Waals surface area contributed by atoms with E-state index in [-0.39, 0.29) is 6.04 Å². The monoisotopic (exact) mass is 337 g/mol. The van der Waals surface area contributed by atoms with E-state index in [2.05, 4.69) is 20.0 Å². The van der Waals surface area contributed by atoms with Gasteiger partial charge in [-0.3, -0.25) is 4.90 Å². The lowest BCUT2D eigenvalue weighted by Crippen LogP contribution is -2.47. The quantitative estimate of drug-likeness (QED) is 0.858. The lowest BCUT2D eigenvalue weighted by atomic mass is 10.1. The Morgan fingerprint density at radius 1 is 1.35 bits per heavy atom. The van der Waals surface area contributed by atoms with E-state index in [9.17, 15) is 4.39 Å². The fraction of sp³-hybridized carbons (Fsp3) is 0.533. The van der Waals surface area contributed by atoms with Gasteiger partial charge in [0.2, 0.25) is 5.89 Å². The van der Waals surface area contributed by atoms with Crippen LogP contribution in [0.5, 0.6) is 0 Å². The molecule has 1 aliphatic heterocycles. The molecule has 122 valence electrons. The summed E-state index contributed by atoms with van der Waals surface area (Å²) < 4.78 is 19.6. The summed E-state index contributed by atoms with van der Waals surface area (Å²) >= 11 is 5.78. The van der Waals surface area contributed by atoms with E-state index in [1.54, 1.807) is 0 Å². The summed E-state index contributed by atoms with van der Waals surface area (Å²) in [5.74, 6) is 1.74. The van der Waals surface area contributed by atoms with Crippen molar-refractivity contribution in [3.05, 3.63) is 34.8 Å². The number of hydrogen-bond donors (Lipinski definition) is 0. The van der Waals surface area contributed by atoms with Crippen molar-refractivity contribution in [2.45, 2.75) is 24.8 Å². The van der Waals surface area contributed by atoms with Crippen LogP contribution >= 0.6 is 11.6 Å². The Morgan fingerprint density at radius 2 is 2.17 bits per heavy atom. The zero-order valence-corrected chi connectivity index (χ0v) is 13.5. The van der Waals surface area contributed by atoms with Crippen LogP contribution < -0.4 is 4.90 Å². The van der Waals surface area contributed by atoms with Gasteiger partial charge in [-0.2, -0.15) is 4.98 Å². The third-order valence-corrected chi connectivity index (χ3v) is 4.63. The molecule has 2 aromatic rings. The molecule has 0 spiro atoms. The molecule has 2 aromatic heterocycles. The number of likely N-dealkylation sites (N-methyl/N-ethyl adjacent to an activating group) is 1. The zero-order chi connectivity index (χ0) is 16.0. The molecule has 0 amide bonds. The summed E-state index contributed by atoms with van der Waals surface area (Å²) in [6, 6.07) is 1.22. The molecule has 0 radical (unpaired) electrons. The molecule has 2 fully saturated rings. The van der Waals surface area contributed by atoms with Crippen molar-refractivity contribution in [3.8, 4) is 0 Å². The molecular formula is C15H17ClFN5O. The molecule has 23 heavy (non-hydrogen) atoms. The highest BCUT2D eigenvalue weighted by Crippen LogP contribution is 2.39. The maximum Gasteiger partial charge on any atom is 0.245 e. The maximum atomic E-state index is 14.1. The average molecular weight is 338 g/mol. The van der Waals surface area contributed by atoms with Gasteiger partial charge in [0, 0.05) is 31.7 Å². The van der Waals surface area contributed by atoms with Crippen molar-refractivity contribution in [1.82, 2.24) is 20.0 Å². The highest BCUT2D eigenvalue weighted by molar-refractivity contribution is 6.30. The largest absolute Gasteiger partial charge is 0.351 e. The number of halogens is 2. The molecule has 1 aliphatic carbocycles. The van der Waals surface area contributed by atoms with Crippen LogP contribution in [-0.4, -0.2) is 46.7 Å². The predicted molar refractivity (Wildman–Crippen MR) is 83.1 cm³/mol. The average Bonchev–Trinajstić information content (AvgIpc) is 3.26. The minimum absolute atomic E-state index is 0.0689. The van der Waals surface area contributed by atoms with Gasteiger partial charge in [-0.15, -0.1) is 0 Å². The van der Waals surface area contributed by atoms with Gasteiger partial charge >= 0.3 is 0 Å². The number of rotatable bonds is 3. The minimum atomic E-state index is -0.412. The normalized spacial score (nSPS) is 22.6. The molecule has 8 heteroatoms. The molecule has 2 aliphatic rings. The molecule has 4 rings (SSSR count). The molecule has 0 aromatic carbocycles. The van der Waals surface area contributed by atoms with Crippen molar-refractivity contribution in [3.63, 3.8) is 0 Å². The molecule has 0 bridgehead atoms. The van der Waals surface area contributed by atoms with Crippen LogP contribution in [0.4, 0.5) is 10.2 Å². The van der Waals surface area contributed by atoms with Crippen molar-refractivity contribution in [2.75, 3.05) is 31.6 Å². The maximum absolute atomic E-state index is 14.1.